The molecule has 6 nitrogen and oxygen atoms in total. The third-order valence-electron chi connectivity index (χ3n) is 5.19. The van der Waals surface area contributed by atoms with Crippen LogP contribution in [0.3, 0.4) is 0 Å². The van der Waals surface area contributed by atoms with Gasteiger partial charge < -0.3 is 0 Å². The average molecular weight is 445 g/mol. The van der Waals surface area contributed by atoms with Gasteiger partial charge in [-0.15, -0.1) is 0 Å². The van der Waals surface area contributed by atoms with E-state index < -0.39 is 0 Å². The van der Waals surface area contributed by atoms with Gasteiger partial charge in [-0.05, 0) is 74.5 Å². The molecule has 1 saturated heterocycles. The topological polar surface area (TPSA) is 66.7 Å². The number of para-hydroxylation sites is 1. The van der Waals surface area contributed by atoms with Crippen molar-refractivity contribution in [2.75, 3.05) is 12.0 Å². The van der Waals surface area contributed by atoms with Gasteiger partial charge in [-0.25, -0.2) is 4.99 Å². The molecular weight excluding hydrogens is 420 g/mol. The van der Waals surface area contributed by atoms with Gasteiger partial charge in [0.05, 0.1) is 10.6 Å². The zero-order chi connectivity index (χ0) is 22.7. The lowest BCUT2D eigenvalue weighted by molar-refractivity contribution is -0.122. The van der Waals surface area contributed by atoms with Crippen molar-refractivity contribution in [2.24, 2.45) is 4.99 Å². The van der Waals surface area contributed by atoms with Gasteiger partial charge in [0.15, 0.2) is 5.17 Å². The number of rotatable bonds is 5. The molecule has 1 fully saturated rings. The van der Waals surface area contributed by atoms with E-state index in [-0.39, 0.29) is 11.8 Å². The number of thioether (sulfide) groups is 1. The van der Waals surface area contributed by atoms with Crippen LogP contribution in [0, 0.1) is 13.8 Å². The van der Waals surface area contributed by atoms with E-state index in [1.165, 1.54) is 11.8 Å². The molecule has 0 saturated carbocycles. The molecule has 0 aliphatic carbocycles. The summed E-state index contributed by atoms with van der Waals surface area (Å²) < 4.78 is 1.75. The molecule has 0 unspecified atom stereocenters. The molecule has 7 heteroatoms. The molecule has 0 spiro atoms. The Morgan fingerprint density at radius 3 is 2.38 bits per heavy atom. The molecule has 1 aromatic heterocycles. The lowest BCUT2D eigenvalue weighted by Crippen LogP contribution is -2.28. The second-order valence-corrected chi connectivity index (χ2v) is 8.37. The van der Waals surface area contributed by atoms with Crippen LogP contribution in [-0.2, 0) is 4.79 Å². The maximum atomic E-state index is 13.0. The number of nitrogens with one attached hydrogen (secondary N) is 1. The van der Waals surface area contributed by atoms with Gasteiger partial charge in [-0.2, -0.15) is 0 Å². The third kappa shape index (κ3) is 4.38. The predicted octanol–water partition coefficient (Wildman–Crippen LogP) is 5.11. The fraction of sp³-hybridized carbons (Fsp3) is 0.160. The summed E-state index contributed by atoms with van der Waals surface area (Å²) in [5.74, 6) is -0.252. The lowest BCUT2D eigenvalue weighted by atomic mass is 10.2. The number of hydrogen-bond donors (Lipinski definition) is 1. The Kier molecular flexibility index (Phi) is 6.28. The normalized spacial score (nSPS) is 16.2. The van der Waals surface area contributed by atoms with E-state index in [1.807, 2.05) is 81.4 Å². The fourth-order valence-corrected chi connectivity index (χ4v) is 4.54. The first kappa shape index (κ1) is 21.6. The van der Waals surface area contributed by atoms with E-state index in [2.05, 4.69) is 10.4 Å². The molecule has 32 heavy (non-hydrogen) atoms. The van der Waals surface area contributed by atoms with Crippen molar-refractivity contribution in [1.82, 2.24) is 9.58 Å². The van der Waals surface area contributed by atoms with Crippen LogP contribution in [0.25, 0.3) is 6.08 Å². The Balaban J connectivity index is 1.61. The summed E-state index contributed by atoms with van der Waals surface area (Å²) in [6.07, 6.45) is 1.87. The molecule has 1 aliphatic rings. The van der Waals surface area contributed by atoms with Crippen LogP contribution in [0.2, 0.25) is 0 Å². The number of amidine groups is 1. The number of carbonyl (C=O) groups excluding carboxylic acids is 2. The minimum Gasteiger partial charge on any atom is -0.287 e. The number of aromatic nitrogens is 1. The second-order valence-electron chi connectivity index (χ2n) is 7.36. The van der Waals surface area contributed by atoms with Gasteiger partial charge in [0, 0.05) is 23.5 Å². The molecule has 162 valence electrons. The number of benzene rings is 2. The molecular formula is C25H24N4O2S. The minimum atomic E-state index is -0.188. The first-order valence-electron chi connectivity index (χ1n) is 10.4. The van der Waals surface area contributed by atoms with Crippen LogP contribution in [0.15, 0.2) is 76.6 Å². The summed E-state index contributed by atoms with van der Waals surface area (Å²) >= 11 is 1.37. The number of likely N-dealkylation sites (N-methyl/N-ethyl adjacent to an activating group) is 1. The number of carbonyl (C=O) groups is 2. The van der Waals surface area contributed by atoms with Crippen LogP contribution in [0.4, 0.5) is 5.69 Å². The van der Waals surface area contributed by atoms with Gasteiger partial charge in [0.25, 0.3) is 11.8 Å². The maximum Gasteiger partial charge on any atom is 0.270 e. The quantitative estimate of drug-likeness (QED) is 0.556. The number of aliphatic imine (C=N–C) groups is 1. The molecule has 0 radical (unpaired) electrons. The zero-order valence-corrected chi connectivity index (χ0v) is 19.0. The van der Waals surface area contributed by atoms with Gasteiger partial charge in [-0.1, -0.05) is 36.4 Å². The van der Waals surface area contributed by atoms with E-state index >= 15 is 0 Å². The summed E-state index contributed by atoms with van der Waals surface area (Å²) in [5, 5.41) is 0.668. The molecule has 2 heterocycles. The van der Waals surface area contributed by atoms with Crippen LogP contribution >= 0.6 is 11.8 Å². The smallest absolute Gasteiger partial charge is 0.270 e. The first-order valence-corrected chi connectivity index (χ1v) is 11.2. The minimum absolute atomic E-state index is 0.0645. The third-order valence-corrected chi connectivity index (χ3v) is 6.20. The summed E-state index contributed by atoms with van der Waals surface area (Å²) in [6, 6.07) is 20.6. The van der Waals surface area contributed by atoms with Gasteiger partial charge in [0.1, 0.15) is 0 Å². The molecule has 2 amide bonds. The highest BCUT2D eigenvalue weighted by molar-refractivity contribution is 8.18. The Labute approximate surface area is 191 Å². The Bertz CT molecular complexity index is 1210. The summed E-state index contributed by atoms with van der Waals surface area (Å²) in [6.45, 7) is 6.32. The fourth-order valence-electron chi connectivity index (χ4n) is 3.49. The highest BCUT2D eigenvalue weighted by atomic mass is 32.2. The Morgan fingerprint density at radius 2 is 1.72 bits per heavy atom. The van der Waals surface area contributed by atoms with Crippen molar-refractivity contribution in [3.63, 3.8) is 0 Å². The van der Waals surface area contributed by atoms with E-state index in [0.29, 0.717) is 22.2 Å². The molecule has 0 atom stereocenters. The molecule has 4 rings (SSSR count). The van der Waals surface area contributed by atoms with Gasteiger partial charge in [-0.3, -0.25) is 24.6 Å². The Morgan fingerprint density at radius 1 is 1.06 bits per heavy atom. The number of nitrogens with zero attached hydrogens (tertiary/aromatic N) is 3. The molecule has 2 aromatic carbocycles. The van der Waals surface area contributed by atoms with Crippen molar-refractivity contribution in [1.29, 1.82) is 0 Å². The number of amides is 2. The van der Waals surface area contributed by atoms with E-state index in [1.54, 1.807) is 21.7 Å². The number of hydrogen-bond acceptors (Lipinski definition) is 4. The number of aryl methyl sites for hydroxylation is 1. The van der Waals surface area contributed by atoms with Gasteiger partial charge in [0.2, 0.25) is 0 Å². The predicted molar refractivity (Wildman–Crippen MR) is 131 cm³/mol. The molecule has 1 aliphatic heterocycles. The SMILES string of the molecule is CCN1C(=O)/C(=C/c2cc(C)n(NC(=O)c3ccccc3)c2C)SC1=Nc1ccccc1. The second kappa shape index (κ2) is 9.28. The lowest BCUT2D eigenvalue weighted by Gasteiger charge is -2.12. The van der Waals surface area contributed by atoms with Crippen molar-refractivity contribution >= 4 is 40.5 Å². The standard InChI is InChI=1S/C25H24N4O2S/c1-4-28-24(31)22(32-25(28)26-21-13-9-6-10-14-21)16-20-15-17(2)29(18(20)3)27-23(30)19-11-7-5-8-12-19/h5-16H,4H2,1-3H3,(H,27,30)/b22-16-,26-25?. The largest absolute Gasteiger partial charge is 0.287 e. The van der Waals surface area contributed by atoms with Crippen LogP contribution in [0.1, 0.15) is 34.2 Å². The van der Waals surface area contributed by atoms with E-state index in [0.717, 1.165) is 22.6 Å². The van der Waals surface area contributed by atoms with Crippen molar-refractivity contribution in [2.45, 2.75) is 20.8 Å². The zero-order valence-electron chi connectivity index (χ0n) is 18.2. The highest BCUT2D eigenvalue weighted by Crippen LogP contribution is 2.34. The molecule has 1 N–H and O–H groups in total. The summed E-state index contributed by atoms with van der Waals surface area (Å²) in [7, 11) is 0. The van der Waals surface area contributed by atoms with Crippen molar-refractivity contribution in [3.05, 3.63) is 94.1 Å². The van der Waals surface area contributed by atoms with Crippen LogP contribution in [-0.4, -0.2) is 33.1 Å². The summed E-state index contributed by atoms with van der Waals surface area (Å²) in [4.78, 5) is 32.5. The first-order chi connectivity index (χ1) is 15.5. The summed E-state index contributed by atoms with van der Waals surface area (Å²) in [5.41, 5.74) is 6.93. The monoisotopic (exact) mass is 444 g/mol. The highest BCUT2D eigenvalue weighted by Gasteiger charge is 2.32. The van der Waals surface area contributed by atoms with E-state index in [4.69, 9.17) is 0 Å². The maximum absolute atomic E-state index is 13.0. The van der Waals surface area contributed by atoms with E-state index in [9.17, 15) is 9.59 Å². The van der Waals surface area contributed by atoms with Gasteiger partial charge >= 0.3 is 0 Å². The molecule has 3 aromatic rings. The molecule has 0 bridgehead atoms. The van der Waals surface area contributed by atoms with Crippen molar-refractivity contribution < 1.29 is 9.59 Å². The van der Waals surface area contributed by atoms with Crippen LogP contribution in [0.5, 0.6) is 0 Å². The Hall–Kier alpha value is -3.58. The average Bonchev–Trinajstić information content (AvgIpc) is 3.24. The van der Waals surface area contributed by atoms with Crippen molar-refractivity contribution in [3.8, 4) is 0 Å². The van der Waals surface area contributed by atoms with Crippen LogP contribution < -0.4 is 5.43 Å².